The maximum absolute atomic E-state index is 11.4. The van der Waals surface area contributed by atoms with E-state index in [4.69, 9.17) is 0 Å². The fourth-order valence-electron chi connectivity index (χ4n) is 1.84. The summed E-state index contributed by atoms with van der Waals surface area (Å²) < 4.78 is 1.14. The van der Waals surface area contributed by atoms with Gasteiger partial charge in [0.2, 0.25) is 5.88 Å². The van der Waals surface area contributed by atoms with Gasteiger partial charge in [0, 0.05) is 30.6 Å². The van der Waals surface area contributed by atoms with Crippen molar-refractivity contribution in [3.8, 4) is 5.88 Å². The van der Waals surface area contributed by atoms with Crippen LogP contribution in [0.5, 0.6) is 5.88 Å². The van der Waals surface area contributed by atoms with Crippen molar-refractivity contribution >= 4 is 23.6 Å². The molecule has 1 aliphatic heterocycles. The summed E-state index contributed by atoms with van der Waals surface area (Å²) in [6.07, 6.45) is 6.71. The molecule has 0 saturated carbocycles. The van der Waals surface area contributed by atoms with Gasteiger partial charge in [0.05, 0.1) is 11.9 Å². The van der Waals surface area contributed by atoms with Crippen LogP contribution in [0.2, 0.25) is 0 Å². The Hall–Kier alpha value is -2.63. The van der Waals surface area contributed by atoms with Gasteiger partial charge in [-0.3, -0.25) is 14.5 Å². The fourth-order valence-corrected chi connectivity index (χ4v) is 1.84. The first-order valence-corrected chi connectivity index (χ1v) is 5.35. The zero-order valence-electron chi connectivity index (χ0n) is 9.58. The molecular weight excluding hydrogens is 232 g/mol. The number of aliphatic imine (C=N–C) groups is 1. The van der Waals surface area contributed by atoms with E-state index >= 15 is 0 Å². The summed E-state index contributed by atoms with van der Waals surface area (Å²) in [6, 6.07) is 1.84. The molecule has 2 aromatic rings. The number of aromatic nitrogens is 3. The Balaban J connectivity index is 2.12. The Morgan fingerprint density at radius 2 is 2.33 bits per heavy atom. The minimum absolute atomic E-state index is 0.0941. The molecule has 6 heteroatoms. The predicted octanol–water partition coefficient (Wildman–Crippen LogP) is 1.07. The van der Waals surface area contributed by atoms with Gasteiger partial charge in [-0.1, -0.05) is 0 Å². The molecular formula is C12H10N4O2. The number of allylic oxidation sites excluding steroid dienone is 1. The quantitative estimate of drug-likeness (QED) is 0.784. The molecule has 90 valence electrons. The van der Waals surface area contributed by atoms with E-state index in [0.717, 1.165) is 21.4 Å². The average molecular weight is 242 g/mol. The number of nitrogens with one attached hydrogen (secondary N) is 1. The lowest BCUT2D eigenvalue weighted by atomic mass is 10.1. The van der Waals surface area contributed by atoms with E-state index in [-0.39, 0.29) is 11.6 Å². The molecule has 0 amide bonds. The number of H-pyrrole nitrogens is 1. The molecule has 2 N–H and O–H groups in total. The van der Waals surface area contributed by atoms with Gasteiger partial charge >= 0.3 is 5.69 Å². The van der Waals surface area contributed by atoms with E-state index < -0.39 is 0 Å². The van der Waals surface area contributed by atoms with Gasteiger partial charge in [-0.25, -0.2) is 4.79 Å². The van der Waals surface area contributed by atoms with Crippen molar-refractivity contribution in [2.75, 3.05) is 0 Å². The molecule has 0 atom stereocenters. The van der Waals surface area contributed by atoms with Crippen molar-refractivity contribution in [1.82, 2.24) is 14.5 Å². The molecule has 18 heavy (non-hydrogen) atoms. The highest BCUT2D eigenvalue weighted by Gasteiger charge is 2.14. The molecule has 2 aromatic heterocycles. The molecule has 0 saturated heterocycles. The second-order valence-electron chi connectivity index (χ2n) is 3.98. The maximum atomic E-state index is 11.4. The molecule has 0 fully saturated rings. The standard InChI is InChI=1S/C12H10N4O2/c1-16-11(17)9(15-12(16)18)4-7-5-14-10-6-13-3-2-8(7)10/h2-6,17H,1H3,(H,15,18)/b7-4+. The number of aromatic hydroxyl groups is 1. The molecule has 0 bridgehead atoms. The lowest BCUT2D eigenvalue weighted by molar-refractivity contribution is 0.428. The SMILES string of the molecule is Cn1c(O)c(/C=C2\C=Nc3cnccc32)[nH]c1=O. The van der Waals surface area contributed by atoms with Crippen molar-refractivity contribution in [3.63, 3.8) is 0 Å². The Labute approximate surface area is 102 Å². The summed E-state index contributed by atoms with van der Waals surface area (Å²) >= 11 is 0. The van der Waals surface area contributed by atoms with Gasteiger partial charge in [0.1, 0.15) is 5.69 Å². The molecule has 1 aliphatic rings. The van der Waals surface area contributed by atoms with Crippen LogP contribution in [0.1, 0.15) is 11.3 Å². The molecule has 0 radical (unpaired) electrons. The minimum Gasteiger partial charge on any atom is -0.493 e. The number of imidazole rings is 1. The number of rotatable bonds is 1. The predicted molar refractivity (Wildman–Crippen MR) is 68.0 cm³/mol. The number of hydrogen-bond donors (Lipinski definition) is 2. The first kappa shape index (κ1) is 10.5. The molecule has 0 aromatic carbocycles. The summed E-state index contributed by atoms with van der Waals surface area (Å²) in [6.45, 7) is 0. The van der Waals surface area contributed by atoms with Gasteiger partial charge < -0.3 is 10.1 Å². The normalized spacial score (nSPS) is 15.3. The number of pyridine rings is 1. The summed E-state index contributed by atoms with van der Waals surface area (Å²) in [5, 5.41) is 9.76. The Bertz CT molecular complexity index is 737. The molecule has 0 unspecified atom stereocenters. The van der Waals surface area contributed by atoms with E-state index in [9.17, 15) is 9.90 Å². The van der Waals surface area contributed by atoms with Gasteiger partial charge in [-0.2, -0.15) is 0 Å². The minimum atomic E-state index is -0.357. The number of fused-ring (bicyclic) bond motifs is 1. The molecule has 3 rings (SSSR count). The Kier molecular flexibility index (Phi) is 2.16. The van der Waals surface area contributed by atoms with Gasteiger partial charge in [-0.05, 0) is 12.1 Å². The van der Waals surface area contributed by atoms with E-state index in [1.807, 2.05) is 6.07 Å². The molecule has 3 heterocycles. The number of hydrogen-bond acceptors (Lipinski definition) is 4. The highest BCUT2D eigenvalue weighted by atomic mass is 16.3. The van der Waals surface area contributed by atoms with Crippen LogP contribution in [-0.2, 0) is 7.05 Å². The molecule has 0 aliphatic carbocycles. The highest BCUT2D eigenvalue weighted by Crippen LogP contribution is 2.31. The first-order valence-electron chi connectivity index (χ1n) is 5.35. The third-order valence-corrected chi connectivity index (χ3v) is 2.86. The highest BCUT2D eigenvalue weighted by molar-refractivity contribution is 6.21. The summed E-state index contributed by atoms with van der Waals surface area (Å²) in [5.74, 6) is -0.0941. The van der Waals surface area contributed by atoms with Crippen molar-refractivity contribution in [2.24, 2.45) is 12.0 Å². The van der Waals surface area contributed by atoms with Crippen LogP contribution in [0, 0.1) is 0 Å². The summed E-state index contributed by atoms with van der Waals surface area (Å²) in [5.41, 5.74) is 2.54. The maximum Gasteiger partial charge on any atom is 0.328 e. The summed E-state index contributed by atoms with van der Waals surface area (Å²) in [4.78, 5) is 22.1. The van der Waals surface area contributed by atoms with E-state index in [2.05, 4.69) is 15.0 Å². The van der Waals surface area contributed by atoms with E-state index in [0.29, 0.717) is 5.69 Å². The fraction of sp³-hybridized carbons (Fsp3) is 0.0833. The number of nitrogens with zero attached hydrogens (tertiary/aromatic N) is 3. The Morgan fingerprint density at radius 1 is 1.50 bits per heavy atom. The van der Waals surface area contributed by atoms with Gasteiger partial charge in [-0.15, -0.1) is 0 Å². The smallest absolute Gasteiger partial charge is 0.328 e. The number of aromatic amines is 1. The van der Waals surface area contributed by atoms with E-state index in [1.165, 1.54) is 7.05 Å². The van der Waals surface area contributed by atoms with Crippen molar-refractivity contribution in [1.29, 1.82) is 0 Å². The van der Waals surface area contributed by atoms with Crippen LogP contribution in [0.25, 0.3) is 11.6 Å². The second-order valence-corrected chi connectivity index (χ2v) is 3.98. The monoisotopic (exact) mass is 242 g/mol. The van der Waals surface area contributed by atoms with Crippen LogP contribution < -0.4 is 5.69 Å². The van der Waals surface area contributed by atoms with Crippen molar-refractivity contribution < 1.29 is 5.11 Å². The third kappa shape index (κ3) is 1.46. The first-order chi connectivity index (χ1) is 8.66. The average Bonchev–Trinajstić information content (AvgIpc) is 2.89. The van der Waals surface area contributed by atoms with Gasteiger partial charge in [0.25, 0.3) is 0 Å². The summed E-state index contributed by atoms with van der Waals surface area (Å²) in [7, 11) is 1.50. The Morgan fingerprint density at radius 3 is 3.06 bits per heavy atom. The largest absolute Gasteiger partial charge is 0.493 e. The van der Waals surface area contributed by atoms with Crippen LogP contribution in [-0.4, -0.2) is 25.9 Å². The molecule has 0 spiro atoms. The van der Waals surface area contributed by atoms with Gasteiger partial charge in [0.15, 0.2) is 0 Å². The van der Waals surface area contributed by atoms with Crippen LogP contribution in [0.4, 0.5) is 5.69 Å². The lowest BCUT2D eigenvalue weighted by Crippen LogP contribution is -2.11. The zero-order chi connectivity index (χ0) is 12.7. The van der Waals surface area contributed by atoms with Crippen LogP contribution >= 0.6 is 0 Å². The van der Waals surface area contributed by atoms with E-state index in [1.54, 1.807) is 24.7 Å². The zero-order valence-corrected chi connectivity index (χ0v) is 9.58. The van der Waals surface area contributed by atoms with Crippen molar-refractivity contribution in [2.45, 2.75) is 0 Å². The lowest BCUT2D eigenvalue weighted by Gasteiger charge is -1.98. The third-order valence-electron chi connectivity index (χ3n) is 2.86. The molecule has 6 nitrogen and oxygen atoms in total. The van der Waals surface area contributed by atoms with Crippen LogP contribution in [0.15, 0.2) is 28.2 Å². The second kappa shape index (κ2) is 3.69. The topological polar surface area (TPSA) is 83.3 Å². The van der Waals surface area contributed by atoms with Crippen LogP contribution in [0.3, 0.4) is 0 Å². The van der Waals surface area contributed by atoms with Crippen molar-refractivity contribution in [3.05, 3.63) is 40.2 Å².